The lowest BCUT2D eigenvalue weighted by atomic mass is 9.52. The summed E-state index contributed by atoms with van der Waals surface area (Å²) in [5, 5.41) is 3.91. The second-order valence-electron chi connectivity index (χ2n) is 13.9. The first-order valence-corrected chi connectivity index (χ1v) is 13.7. The van der Waals surface area contributed by atoms with Gasteiger partial charge in [-0.3, -0.25) is 4.79 Å². The number of Topliss-reactive ketones (excluding diaryl/α,β-unsaturated/α-hetero) is 1. The van der Waals surface area contributed by atoms with Crippen LogP contribution in [0.2, 0.25) is 0 Å². The molecule has 0 radical (unpaired) electrons. The van der Waals surface area contributed by atoms with E-state index in [1.807, 2.05) is 0 Å². The minimum atomic E-state index is 0.103. The molecule has 7 fully saturated rings. The highest BCUT2D eigenvalue weighted by Gasteiger charge is 2.84. The lowest BCUT2D eigenvalue weighted by molar-refractivity contribution is -0.147. The molecule has 0 aromatic carbocycles. The number of rotatable bonds is 0. The summed E-state index contributed by atoms with van der Waals surface area (Å²) in [7, 11) is 0. The Labute approximate surface area is 188 Å². The van der Waals surface area contributed by atoms with Gasteiger partial charge < -0.3 is 10.1 Å². The number of hydrogen-bond acceptors (Lipinski definition) is 3. The number of carbonyl (C=O) groups excluding carboxylic acids is 1. The van der Waals surface area contributed by atoms with E-state index in [9.17, 15) is 4.79 Å². The van der Waals surface area contributed by atoms with Gasteiger partial charge in [0.25, 0.3) is 0 Å². The summed E-state index contributed by atoms with van der Waals surface area (Å²) in [6.07, 6.45) is 12.8. The SMILES string of the molecule is C[C@@H]1CN[C@H]2[C@@H](C)[C@@]3(CC[C@H]4[C@@H]5CC[C@@H]6CC(=O)CC[C@]6(C)[C@H]5CC45CC53C)O[C@@H]2C1. The topological polar surface area (TPSA) is 38.3 Å². The van der Waals surface area contributed by atoms with E-state index >= 15 is 0 Å². The van der Waals surface area contributed by atoms with Gasteiger partial charge in [-0.1, -0.05) is 27.7 Å². The molecule has 0 bridgehead atoms. The molecule has 7 aliphatic rings. The predicted molar refractivity (Wildman–Crippen MR) is 122 cm³/mol. The number of ether oxygens (including phenoxy) is 1. The van der Waals surface area contributed by atoms with Gasteiger partial charge in [0.05, 0.1) is 11.7 Å². The number of nitrogens with one attached hydrogen (secondary N) is 1. The highest BCUT2D eigenvalue weighted by atomic mass is 16.5. The number of hydrogen-bond donors (Lipinski definition) is 1. The van der Waals surface area contributed by atoms with Crippen molar-refractivity contribution in [3.8, 4) is 0 Å². The molecule has 0 aromatic heterocycles. The van der Waals surface area contributed by atoms with Crippen LogP contribution in [0.4, 0.5) is 0 Å². The van der Waals surface area contributed by atoms with E-state index in [0.29, 0.717) is 46.0 Å². The van der Waals surface area contributed by atoms with Gasteiger partial charge in [-0.25, -0.2) is 0 Å². The fourth-order valence-electron chi connectivity index (χ4n) is 11.5. The molecule has 3 heteroatoms. The molecule has 0 amide bonds. The van der Waals surface area contributed by atoms with E-state index in [-0.39, 0.29) is 5.60 Å². The van der Waals surface area contributed by atoms with Crippen LogP contribution in [0.1, 0.15) is 91.9 Å². The fraction of sp³-hybridized carbons (Fsp3) is 0.964. The highest BCUT2D eigenvalue weighted by Crippen LogP contribution is 2.87. The molecule has 5 aliphatic carbocycles. The van der Waals surface area contributed by atoms with Gasteiger partial charge in [0, 0.05) is 30.2 Å². The van der Waals surface area contributed by atoms with Crippen molar-refractivity contribution in [2.75, 3.05) is 6.54 Å². The molecular formula is C28H43NO2. The molecule has 7 rings (SSSR count). The van der Waals surface area contributed by atoms with Gasteiger partial charge in [-0.2, -0.15) is 0 Å². The quantitative estimate of drug-likeness (QED) is 0.567. The van der Waals surface area contributed by atoms with Crippen LogP contribution in [0, 0.1) is 51.8 Å². The molecule has 12 atom stereocenters. The molecule has 2 saturated heterocycles. The zero-order chi connectivity index (χ0) is 21.4. The molecule has 5 saturated carbocycles. The Morgan fingerprint density at radius 2 is 1.90 bits per heavy atom. The third-order valence-electron chi connectivity index (χ3n) is 13.1. The van der Waals surface area contributed by atoms with Crippen molar-refractivity contribution in [1.29, 1.82) is 0 Å². The third-order valence-corrected chi connectivity index (χ3v) is 13.1. The van der Waals surface area contributed by atoms with Crippen LogP contribution < -0.4 is 5.32 Å². The van der Waals surface area contributed by atoms with Crippen molar-refractivity contribution in [3.05, 3.63) is 0 Å². The maximum Gasteiger partial charge on any atom is 0.133 e. The molecule has 2 heterocycles. The summed E-state index contributed by atoms with van der Waals surface area (Å²) in [5.41, 5.74) is 1.44. The van der Waals surface area contributed by atoms with Gasteiger partial charge in [-0.15, -0.1) is 0 Å². The average molecular weight is 426 g/mol. The Hall–Kier alpha value is -0.410. The second kappa shape index (κ2) is 5.98. The lowest BCUT2D eigenvalue weighted by Crippen LogP contribution is -2.53. The molecule has 2 aliphatic heterocycles. The van der Waals surface area contributed by atoms with Crippen LogP contribution in [0.5, 0.6) is 0 Å². The van der Waals surface area contributed by atoms with Crippen molar-refractivity contribution in [2.45, 2.75) is 110 Å². The van der Waals surface area contributed by atoms with Crippen molar-refractivity contribution < 1.29 is 9.53 Å². The molecule has 0 aromatic rings. The standard InChI is InChI=1S/C28H43NO2/c1-16-11-23-24(29-14-16)17(2)28(31-23)10-8-21-20-6-5-18-12-19(30)7-9-25(18,3)22(20)13-27(21)15-26(27,28)4/h16-18,20-24,29H,5-15H2,1-4H3/t16-,17+,18+,20-,21-,22-,23+,24-,25-,26?,27?,28+/m0/s1. The van der Waals surface area contributed by atoms with E-state index in [0.717, 1.165) is 43.1 Å². The van der Waals surface area contributed by atoms with Crippen LogP contribution in [0.25, 0.3) is 0 Å². The lowest BCUT2D eigenvalue weighted by Gasteiger charge is -2.52. The summed E-state index contributed by atoms with van der Waals surface area (Å²) in [4.78, 5) is 12.3. The Morgan fingerprint density at radius 1 is 1.06 bits per heavy atom. The molecule has 3 nitrogen and oxygen atoms in total. The van der Waals surface area contributed by atoms with Crippen molar-refractivity contribution >= 4 is 5.78 Å². The zero-order valence-corrected chi connectivity index (χ0v) is 20.2. The first-order chi connectivity index (χ1) is 14.7. The Morgan fingerprint density at radius 3 is 2.74 bits per heavy atom. The van der Waals surface area contributed by atoms with Crippen molar-refractivity contribution in [2.24, 2.45) is 51.8 Å². The van der Waals surface area contributed by atoms with Crippen LogP contribution in [-0.4, -0.2) is 30.1 Å². The number of ketones is 1. The van der Waals surface area contributed by atoms with Gasteiger partial charge in [0.1, 0.15) is 5.78 Å². The molecule has 1 N–H and O–H groups in total. The smallest absolute Gasteiger partial charge is 0.133 e. The highest BCUT2D eigenvalue weighted by molar-refractivity contribution is 5.79. The summed E-state index contributed by atoms with van der Waals surface area (Å²) in [5.74, 6) is 5.29. The first kappa shape index (κ1) is 20.0. The van der Waals surface area contributed by atoms with E-state index in [4.69, 9.17) is 4.74 Å². The van der Waals surface area contributed by atoms with Crippen LogP contribution in [-0.2, 0) is 9.53 Å². The van der Waals surface area contributed by atoms with E-state index in [1.165, 1.54) is 51.4 Å². The average Bonchev–Trinajstić information content (AvgIpc) is 3.08. The van der Waals surface area contributed by atoms with Crippen LogP contribution in [0.15, 0.2) is 0 Å². The largest absolute Gasteiger partial charge is 0.369 e. The summed E-state index contributed by atoms with van der Waals surface area (Å²) in [6.45, 7) is 11.3. The third kappa shape index (κ3) is 2.18. The number of carbonyl (C=O) groups is 1. The molecule has 2 unspecified atom stereocenters. The normalized spacial score (nSPS) is 64.3. The summed E-state index contributed by atoms with van der Waals surface area (Å²) >= 11 is 0. The minimum Gasteiger partial charge on any atom is -0.369 e. The fourth-order valence-corrected chi connectivity index (χ4v) is 11.5. The monoisotopic (exact) mass is 425 g/mol. The maximum atomic E-state index is 12.3. The Balaban J connectivity index is 1.22. The van der Waals surface area contributed by atoms with Gasteiger partial charge >= 0.3 is 0 Å². The van der Waals surface area contributed by atoms with E-state index in [2.05, 4.69) is 33.0 Å². The van der Waals surface area contributed by atoms with Gasteiger partial charge in [0.2, 0.25) is 0 Å². The van der Waals surface area contributed by atoms with Crippen molar-refractivity contribution in [3.63, 3.8) is 0 Å². The minimum absolute atomic E-state index is 0.103. The molecule has 31 heavy (non-hydrogen) atoms. The molecular weight excluding hydrogens is 382 g/mol. The Kier molecular flexibility index (Phi) is 3.86. The number of fused-ring (bicyclic) bond motifs is 6. The zero-order valence-electron chi connectivity index (χ0n) is 20.2. The number of piperidine rings is 1. The molecule has 2 spiro atoms. The van der Waals surface area contributed by atoms with Gasteiger partial charge in [-0.05, 0) is 98.3 Å². The van der Waals surface area contributed by atoms with Crippen LogP contribution in [0.3, 0.4) is 0 Å². The van der Waals surface area contributed by atoms with E-state index in [1.54, 1.807) is 0 Å². The first-order valence-electron chi connectivity index (χ1n) is 13.7. The van der Waals surface area contributed by atoms with Crippen LogP contribution >= 0.6 is 0 Å². The second-order valence-corrected chi connectivity index (χ2v) is 13.9. The van der Waals surface area contributed by atoms with Gasteiger partial charge in [0.15, 0.2) is 0 Å². The predicted octanol–water partition coefficient (Wildman–Crippen LogP) is 5.37. The molecule has 172 valence electrons. The maximum absolute atomic E-state index is 12.3. The van der Waals surface area contributed by atoms with E-state index < -0.39 is 0 Å². The summed E-state index contributed by atoms with van der Waals surface area (Å²) < 4.78 is 7.23. The Bertz CT molecular complexity index is 826. The van der Waals surface area contributed by atoms with Crippen molar-refractivity contribution in [1.82, 2.24) is 5.32 Å². The summed E-state index contributed by atoms with van der Waals surface area (Å²) in [6, 6.07) is 0.567.